The Hall–Kier alpha value is -2.91. The summed E-state index contributed by atoms with van der Waals surface area (Å²) in [7, 11) is 0. The number of aryl methyl sites for hydroxylation is 3. The van der Waals surface area contributed by atoms with Crippen LogP contribution in [-0.2, 0) is 6.18 Å². The van der Waals surface area contributed by atoms with E-state index in [2.05, 4.69) is 15.1 Å². The van der Waals surface area contributed by atoms with Crippen molar-refractivity contribution in [3.8, 4) is 0 Å². The molecular formula is C19H19F3N4O3. The fourth-order valence-electron chi connectivity index (χ4n) is 3.80. The Labute approximate surface area is 163 Å². The van der Waals surface area contributed by atoms with Crippen molar-refractivity contribution in [2.45, 2.75) is 45.7 Å². The van der Waals surface area contributed by atoms with Gasteiger partial charge < -0.3 is 13.8 Å². The normalized spacial score (nSPS) is 16.0. The molecule has 1 aliphatic rings. The molecule has 3 aromatic heterocycles. The Balaban J connectivity index is 1.56. The molecule has 10 heteroatoms. The average Bonchev–Trinajstić information content (AvgIpc) is 3.21. The quantitative estimate of drug-likeness (QED) is 0.633. The Bertz CT molecular complexity index is 1080. The molecule has 4 heterocycles. The van der Waals surface area contributed by atoms with Crippen LogP contribution in [0.1, 0.15) is 57.9 Å². The number of amides is 1. The predicted octanol–water partition coefficient (Wildman–Crippen LogP) is 4.17. The van der Waals surface area contributed by atoms with Crippen LogP contribution in [0.3, 0.4) is 0 Å². The van der Waals surface area contributed by atoms with E-state index < -0.39 is 11.7 Å². The summed E-state index contributed by atoms with van der Waals surface area (Å²) < 4.78 is 51.0. The zero-order valence-corrected chi connectivity index (χ0v) is 16.1. The number of aromatic nitrogens is 3. The zero-order valence-electron chi connectivity index (χ0n) is 16.1. The van der Waals surface area contributed by atoms with Crippen LogP contribution in [0.25, 0.3) is 11.1 Å². The lowest BCUT2D eigenvalue weighted by Crippen LogP contribution is -2.38. The summed E-state index contributed by atoms with van der Waals surface area (Å²) in [6.07, 6.45) is -3.56. The highest BCUT2D eigenvalue weighted by molar-refractivity contribution is 5.92. The summed E-state index contributed by atoms with van der Waals surface area (Å²) in [6.45, 7) is 5.60. The molecule has 0 atom stereocenters. The third-order valence-corrected chi connectivity index (χ3v) is 5.24. The zero-order chi connectivity index (χ0) is 20.9. The molecule has 29 heavy (non-hydrogen) atoms. The van der Waals surface area contributed by atoms with E-state index in [4.69, 9.17) is 8.94 Å². The third kappa shape index (κ3) is 3.47. The van der Waals surface area contributed by atoms with Gasteiger partial charge in [0.1, 0.15) is 0 Å². The van der Waals surface area contributed by atoms with Crippen LogP contribution in [0, 0.1) is 20.8 Å². The predicted molar refractivity (Wildman–Crippen MR) is 95.4 cm³/mol. The lowest BCUT2D eigenvalue weighted by atomic mass is 9.91. The van der Waals surface area contributed by atoms with E-state index in [1.165, 1.54) is 6.92 Å². The largest absolute Gasteiger partial charge is 0.436 e. The lowest BCUT2D eigenvalue weighted by molar-refractivity contribution is -0.136. The summed E-state index contributed by atoms with van der Waals surface area (Å²) in [6, 6.07) is 1.08. The number of pyridine rings is 1. The molecule has 0 radical (unpaired) electrons. The highest BCUT2D eigenvalue weighted by Gasteiger charge is 2.37. The van der Waals surface area contributed by atoms with Gasteiger partial charge in [0.25, 0.3) is 11.6 Å². The van der Waals surface area contributed by atoms with Crippen molar-refractivity contribution in [1.82, 2.24) is 20.0 Å². The summed E-state index contributed by atoms with van der Waals surface area (Å²) in [5.41, 5.74) is 0.0858. The molecule has 0 aliphatic carbocycles. The van der Waals surface area contributed by atoms with Crippen molar-refractivity contribution >= 4 is 17.0 Å². The fraction of sp³-hybridized carbons (Fsp3) is 0.474. The maximum Gasteiger partial charge on any atom is 0.417 e. The van der Waals surface area contributed by atoms with Crippen LogP contribution in [0.5, 0.6) is 0 Å². The topological polar surface area (TPSA) is 85.3 Å². The molecule has 1 amide bonds. The van der Waals surface area contributed by atoms with E-state index in [1.807, 2.05) is 0 Å². The van der Waals surface area contributed by atoms with Gasteiger partial charge in [-0.2, -0.15) is 13.2 Å². The summed E-state index contributed by atoms with van der Waals surface area (Å²) in [5, 5.41) is 3.52. The second-order valence-corrected chi connectivity index (χ2v) is 7.25. The van der Waals surface area contributed by atoms with Gasteiger partial charge in [-0.1, -0.05) is 5.16 Å². The molecule has 1 aliphatic heterocycles. The van der Waals surface area contributed by atoms with Gasteiger partial charge in [0.15, 0.2) is 5.89 Å². The number of hydrogen-bond acceptors (Lipinski definition) is 6. The second-order valence-electron chi connectivity index (χ2n) is 7.25. The van der Waals surface area contributed by atoms with Gasteiger partial charge in [-0.05, 0) is 32.8 Å². The first-order valence-electron chi connectivity index (χ1n) is 9.22. The highest BCUT2D eigenvalue weighted by atomic mass is 19.4. The number of likely N-dealkylation sites (tertiary alicyclic amines) is 1. The van der Waals surface area contributed by atoms with Crippen LogP contribution >= 0.6 is 0 Å². The molecule has 0 bridgehead atoms. The Morgan fingerprint density at radius 3 is 2.41 bits per heavy atom. The number of nitrogens with zero attached hydrogens (tertiary/aromatic N) is 4. The van der Waals surface area contributed by atoms with Crippen molar-refractivity contribution in [3.05, 3.63) is 40.4 Å². The van der Waals surface area contributed by atoms with Crippen LogP contribution in [0.4, 0.5) is 13.2 Å². The number of carbonyl (C=O) groups is 1. The van der Waals surface area contributed by atoms with Gasteiger partial charge in [0, 0.05) is 31.6 Å². The maximum atomic E-state index is 13.6. The van der Waals surface area contributed by atoms with Gasteiger partial charge in [0.2, 0.25) is 5.76 Å². The minimum Gasteiger partial charge on any atom is -0.436 e. The molecule has 0 N–H and O–H groups in total. The van der Waals surface area contributed by atoms with Gasteiger partial charge >= 0.3 is 6.18 Å². The number of oxazole rings is 1. The van der Waals surface area contributed by atoms with Gasteiger partial charge in [-0.3, -0.25) is 4.79 Å². The molecule has 3 aromatic rings. The van der Waals surface area contributed by atoms with Crippen LogP contribution in [-0.4, -0.2) is 39.0 Å². The molecular weight excluding hydrogens is 389 g/mol. The lowest BCUT2D eigenvalue weighted by Gasteiger charge is -2.31. The molecule has 0 unspecified atom stereocenters. The standard InChI is InChI=1S/C19H19F3N4O3/c1-9-15-13(19(20,21)22)8-14(24-17(15)29-25-9)12-4-6-26(7-5-12)18(27)16-10(2)23-11(3)28-16/h8,12H,4-7H2,1-3H3. The Morgan fingerprint density at radius 2 is 1.83 bits per heavy atom. The van der Waals surface area contributed by atoms with Crippen molar-refractivity contribution < 1.29 is 26.9 Å². The molecule has 7 nitrogen and oxygen atoms in total. The fourth-order valence-corrected chi connectivity index (χ4v) is 3.80. The van der Waals surface area contributed by atoms with Gasteiger partial charge in [-0.15, -0.1) is 0 Å². The average molecular weight is 408 g/mol. The number of carbonyl (C=O) groups excluding carboxylic acids is 1. The first kappa shape index (κ1) is 19.4. The molecule has 0 saturated carbocycles. The highest BCUT2D eigenvalue weighted by Crippen LogP contribution is 2.39. The first-order valence-corrected chi connectivity index (χ1v) is 9.22. The van der Waals surface area contributed by atoms with E-state index in [-0.39, 0.29) is 34.4 Å². The first-order chi connectivity index (χ1) is 13.6. The summed E-state index contributed by atoms with van der Waals surface area (Å²) >= 11 is 0. The minimum absolute atomic E-state index is 0.106. The van der Waals surface area contributed by atoms with Crippen molar-refractivity contribution in [2.24, 2.45) is 0 Å². The molecule has 4 rings (SSSR count). The van der Waals surface area contributed by atoms with Crippen molar-refractivity contribution in [3.63, 3.8) is 0 Å². The molecule has 1 saturated heterocycles. The number of rotatable bonds is 2. The van der Waals surface area contributed by atoms with Crippen LogP contribution < -0.4 is 0 Å². The maximum absolute atomic E-state index is 13.6. The van der Waals surface area contributed by atoms with Gasteiger partial charge in [0.05, 0.1) is 22.3 Å². The van der Waals surface area contributed by atoms with E-state index in [0.29, 0.717) is 43.2 Å². The number of alkyl halides is 3. The molecule has 0 spiro atoms. The minimum atomic E-state index is -4.54. The summed E-state index contributed by atoms with van der Waals surface area (Å²) in [5.74, 6) is 0.150. The SMILES string of the molecule is Cc1nc(C)c(C(=O)N2CCC(c3cc(C(F)(F)F)c4c(C)noc4n3)CC2)o1. The van der Waals surface area contributed by atoms with E-state index in [9.17, 15) is 18.0 Å². The third-order valence-electron chi connectivity index (χ3n) is 5.24. The van der Waals surface area contributed by atoms with Gasteiger partial charge in [-0.25, -0.2) is 9.97 Å². The van der Waals surface area contributed by atoms with E-state index in [1.54, 1.807) is 18.7 Å². The van der Waals surface area contributed by atoms with Crippen molar-refractivity contribution in [1.29, 1.82) is 0 Å². The Kier molecular flexibility index (Phi) is 4.59. The Morgan fingerprint density at radius 1 is 1.14 bits per heavy atom. The molecule has 0 aromatic carbocycles. The number of hydrogen-bond donors (Lipinski definition) is 0. The molecule has 1 fully saturated rings. The number of piperidine rings is 1. The van der Waals surface area contributed by atoms with Crippen molar-refractivity contribution in [2.75, 3.05) is 13.1 Å². The number of halogens is 3. The van der Waals surface area contributed by atoms with Crippen LogP contribution in [0.15, 0.2) is 15.0 Å². The van der Waals surface area contributed by atoms with E-state index >= 15 is 0 Å². The van der Waals surface area contributed by atoms with E-state index in [0.717, 1.165) is 6.07 Å². The second kappa shape index (κ2) is 6.85. The molecule has 154 valence electrons. The summed E-state index contributed by atoms with van der Waals surface area (Å²) in [4.78, 5) is 22.7. The number of fused-ring (bicyclic) bond motifs is 1. The smallest absolute Gasteiger partial charge is 0.417 e. The monoisotopic (exact) mass is 408 g/mol. The van der Waals surface area contributed by atoms with Crippen LogP contribution in [0.2, 0.25) is 0 Å².